The lowest BCUT2D eigenvalue weighted by Crippen LogP contribution is -2.49. The quantitative estimate of drug-likeness (QED) is 0.607. The van der Waals surface area contributed by atoms with E-state index in [0.717, 1.165) is 5.56 Å². The van der Waals surface area contributed by atoms with Crippen LogP contribution in [0.4, 0.5) is 0 Å². The van der Waals surface area contributed by atoms with Crippen LogP contribution in [0.1, 0.15) is 56.1 Å². The van der Waals surface area contributed by atoms with Crippen LogP contribution in [-0.2, 0) is 20.7 Å². The maximum atomic E-state index is 13.3. The van der Waals surface area contributed by atoms with Crippen molar-refractivity contribution in [3.63, 3.8) is 0 Å². The number of hydrogen-bond donors (Lipinski definition) is 1. The van der Waals surface area contributed by atoms with Crippen LogP contribution in [0.2, 0.25) is 5.02 Å². The summed E-state index contributed by atoms with van der Waals surface area (Å²) < 4.78 is 10.8. The monoisotopic (exact) mass is 442 g/mol. The smallest absolute Gasteiger partial charge is 0.338 e. The van der Waals surface area contributed by atoms with Crippen molar-refractivity contribution in [3.8, 4) is 11.1 Å². The summed E-state index contributed by atoms with van der Waals surface area (Å²) in [6, 6.07) is 10.6. The molecule has 0 fully saturated rings. The van der Waals surface area contributed by atoms with Crippen molar-refractivity contribution >= 4 is 28.9 Å². The Bertz CT molecular complexity index is 1100. The first-order chi connectivity index (χ1) is 14.4. The van der Waals surface area contributed by atoms with E-state index in [2.05, 4.69) is 0 Å². The molecule has 0 amide bonds. The van der Waals surface area contributed by atoms with Crippen LogP contribution in [0.3, 0.4) is 0 Å². The lowest BCUT2D eigenvalue weighted by molar-refractivity contribution is -0.158. The normalized spacial score (nSPS) is 17.6. The standard InChI is InChI=1S/C25H27ClO5/c1-7-14-8-9-15(17-11-10-16(26)13-19(17)23(29)30-6)12-18(14)20-21(27)24(2,3)31-25(4,5)22(20)28/h8-13,27H,7H2,1-6H3. The number of ether oxygens (including phenoxy) is 2. The summed E-state index contributed by atoms with van der Waals surface area (Å²) in [5, 5.41) is 11.4. The Balaban J connectivity index is 2.29. The molecule has 1 aliphatic heterocycles. The highest BCUT2D eigenvalue weighted by Crippen LogP contribution is 2.42. The van der Waals surface area contributed by atoms with Gasteiger partial charge in [0.25, 0.3) is 0 Å². The van der Waals surface area contributed by atoms with Gasteiger partial charge in [0.05, 0.1) is 18.2 Å². The van der Waals surface area contributed by atoms with Crippen molar-refractivity contribution < 1.29 is 24.2 Å². The predicted molar refractivity (Wildman–Crippen MR) is 121 cm³/mol. The molecule has 0 saturated carbocycles. The van der Waals surface area contributed by atoms with Gasteiger partial charge in [-0.2, -0.15) is 0 Å². The van der Waals surface area contributed by atoms with E-state index in [-0.39, 0.29) is 17.1 Å². The van der Waals surface area contributed by atoms with E-state index < -0.39 is 17.2 Å². The number of ketones is 1. The van der Waals surface area contributed by atoms with Crippen LogP contribution in [0.25, 0.3) is 16.7 Å². The Morgan fingerprint density at radius 3 is 2.35 bits per heavy atom. The second kappa shape index (κ2) is 8.13. The molecule has 2 aromatic rings. The molecule has 0 spiro atoms. The number of methoxy groups -OCH3 is 1. The van der Waals surface area contributed by atoms with E-state index in [0.29, 0.717) is 33.7 Å². The highest BCUT2D eigenvalue weighted by atomic mass is 35.5. The number of carbonyl (C=O) groups is 2. The topological polar surface area (TPSA) is 72.8 Å². The SMILES string of the molecule is CCc1ccc(-c2ccc(Cl)cc2C(=O)OC)cc1C1=C(O)C(C)(C)OC(C)(C)C1=O. The van der Waals surface area contributed by atoms with Gasteiger partial charge in [-0.05, 0) is 74.6 Å². The van der Waals surface area contributed by atoms with E-state index in [1.807, 2.05) is 25.1 Å². The average Bonchev–Trinajstić information content (AvgIpc) is 2.71. The second-order valence-electron chi connectivity index (χ2n) is 8.58. The zero-order chi connectivity index (χ0) is 23.1. The maximum absolute atomic E-state index is 13.3. The first-order valence-electron chi connectivity index (χ1n) is 10.1. The van der Waals surface area contributed by atoms with Crippen LogP contribution >= 0.6 is 11.6 Å². The van der Waals surface area contributed by atoms with Crippen molar-refractivity contribution in [1.82, 2.24) is 0 Å². The maximum Gasteiger partial charge on any atom is 0.338 e. The molecule has 2 aromatic carbocycles. The Kier molecular flexibility index (Phi) is 6.05. The van der Waals surface area contributed by atoms with E-state index in [9.17, 15) is 14.7 Å². The molecule has 164 valence electrons. The summed E-state index contributed by atoms with van der Waals surface area (Å²) in [5.41, 5.74) is 1.31. The van der Waals surface area contributed by atoms with Gasteiger partial charge < -0.3 is 14.6 Å². The molecule has 1 aliphatic rings. The number of rotatable bonds is 4. The van der Waals surface area contributed by atoms with Crippen LogP contribution in [0, 0.1) is 0 Å². The first-order valence-corrected chi connectivity index (χ1v) is 10.5. The number of aliphatic hydroxyl groups excluding tert-OH is 1. The van der Waals surface area contributed by atoms with Gasteiger partial charge in [-0.15, -0.1) is 0 Å². The van der Waals surface area contributed by atoms with Crippen molar-refractivity contribution in [2.24, 2.45) is 0 Å². The number of benzene rings is 2. The molecule has 1 N–H and O–H groups in total. The highest BCUT2D eigenvalue weighted by Gasteiger charge is 2.47. The van der Waals surface area contributed by atoms with E-state index in [1.54, 1.807) is 45.9 Å². The van der Waals surface area contributed by atoms with Crippen molar-refractivity contribution in [2.45, 2.75) is 52.2 Å². The lowest BCUT2D eigenvalue weighted by Gasteiger charge is -2.40. The van der Waals surface area contributed by atoms with E-state index >= 15 is 0 Å². The fourth-order valence-corrected chi connectivity index (χ4v) is 4.20. The fraction of sp³-hybridized carbons (Fsp3) is 0.360. The number of esters is 1. The van der Waals surface area contributed by atoms with Gasteiger partial charge in [0.15, 0.2) is 5.78 Å². The molecule has 0 radical (unpaired) electrons. The molecule has 1 heterocycles. The van der Waals surface area contributed by atoms with E-state index in [4.69, 9.17) is 21.1 Å². The van der Waals surface area contributed by atoms with Gasteiger partial charge in [0.1, 0.15) is 17.0 Å². The van der Waals surface area contributed by atoms with Gasteiger partial charge >= 0.3 is 5.97 Å². The largest absolute Gasteiger partial charge is 0.508 e. The number of hydrogen-bond acceptors (Lipinski definition) is 5. The fourth-order valence-electron chi connectivity index (χ4n) is 4.02. The molecule has 0 saturated heterocycles. The molecular weight excluding hydrogens is 416 g/mol. The third-order valence-electron chi connectivity index (χ3n) is 5.55. The van der Waals surface area contributed by atoms with Crippen molar-refractivity contribution in [1.29, 1.82) is 0 Å². The van der Waals surface area contributed by atoms with Gasteiger partial charge in [0.2, 0.25) is 0 Å². The van der Waals surface area contributed by atoms with Gasteiger partial charge in [0, 0.05) is 5.02 Å². The molecule has 5 nitrogen and oxygen atoms in total. The van der Waals surface area contributed by atoms with Gasteiger partial charge in [-0.3, -0.25) is 4.79 Å². The molecule has 0 bridgehead atoms. The Labute approximate surface area is 187 Å². The third kappa shape index (κ3) is 4.12. The molecule has 0 aliphatic carbocycles. The zero-order valence-corrected chi connectivity index (χ0v) is 19.4. The van der Waals surface area contributed by atoms with Crippen LogP contribution in [-0.4, -0.2) is 35.2 Å². The number of Topliss-reactive ketones (excluding diaryl/α,β-unsaturated/α-hetero) is 1. The Morgan fingerprint density at radius 1 is 1.06 bits per heavy atom. The highest BCUT2D eigenvalue weighted by molar-refractivity contribution is 6.31. The summed E-state index contributed by atoms with van der Waals surface area (Å²) in [4.78, 5) is 25.6. The number of carbonyl (C=O) groups excluding carboxylic acids is 2. The Hall–Kier alpha value is -2.63. The zero-order valence-electron chi connectivity index (χ0n) is 18.6. The molecule has 6 heteroatoms. The summed E-state index contributed by atoms with van der Waals surface area (Å²) in [6.45, 7) is 8.86. The third-order valence-corrected chi connectivity index (χ3v) is 5.78. The first kappa shape index (κ1) is 23.0. The van der Waals surface area contributed by atoms with Crippen LogP contribution in [0.5, 0.6) is 0 Å². The lowest BCUT2D eigenvalue weighted by atomic mass is 9.80. The van der Waals surface area contributed by atoms with Crippen molar-refractivity contribution in [2.75, 3.05) is 7.11 Å². The van der Waals surface area contributed by atoms with Gasteiger partial charge in [-0.25, -0.2) is 4.79 Å². The summed E-state index contributed by atoms with van der Waals surface area (Å²) in [5.74, 6) is -0.904. The average molecular weight is 443 g/mol. The summed E-state index contributed by atoms with van der Waals surface area (Å²) in [6.07, 6.45) is 0.659. The molecule has 3 rings (SSSR count). The summed E-state index contributed by atoms with van der Waals surface area (Å²) in [7, 11) is 1.31. The molecule has 31 heavy (non-hydrogen) atoms. The number of aliphatic hydroxyl groups is 1. The minimum Gasteiger partial charge on any atom is -0.508 e. The van der Waals surface area contributed by atoms with Crippen LogP contribution in [0.15, 0.2) is 42.2 Å². The minimum atomic E-state index is -1.09. The predicted octanol–water partition coefficient (Wildman–Crippen LogP) is 5.78. The minimum absolute atomic E-state index is 0.104. The number of aryl methyl sites for hydroxylation is 1. The Morgan fingerprint density at radius 2 is 1.74 bits per heavy atom. The van der Waals surface area contributed by atoms with Gasteiger partial charge in [-0.1, -0.05) is 36.7 Å². The number of halogens is 1. The molecular formula is C25H27ClO5. The summed E-state index contributed by atoms with van der Waals surface area (Å²) >= 11 is 6.10. The second-order valence-corrected chi connectivity index (χ2v) is 9.02. The molecule has 0 unspecified atom stereocenters. The molecule has 0 atom stereocenters. The van der Waals surface area contributed by atoms with E-state index in [1.165, 1.54) is 7.11 Å². The van der Waals surface area contributed by atoms with Crippen LogP contribution < -0.4 is 0 Å². The molecule has 0 aromatic heterocycles. The van der Waals surface area contributed by atoms with Crippen molar-refractivity contribution in [3.05, 3.63) is 63.9 Å².